The predicted molar refractivity (Wildman–Crippen MR) is 72.6 cm³/mol. The second-order valence-corrected chi connectivity index (χ2v) is 4.54. The number of carboxylic acids is 1. The molecule has 7 nitrogen and oxygen atoms in total. The van der Waals surface area contributed by atoms with Crippen LogP contribution in [0.25, 0.3) is 0 Å². The SMILES string of the molecule is CN1CC(NC(=O)C=CC(=O)[O-])C(=O)N1c1ccccc1. The summed E-state index contributed by atoms with van der Waals surface area (Å²) in [6.07, 6.45) is 1.45. The Morgan fingerprint density at radius 2 is 1.95 bits per heavy atom. The van der Waals surface area contributed by atoms with E-state index in [1.165, 1.54) is 5.01 Å². The highest BCUT2D eigenvalue weighted by molar-refractivity contribution is 6.02. The number of benzene rings is 1. The fourth-order valence-electron chi connectivity index (χ4n) is 2.10. The number of carbonyl (C=O) groups excluding carboxylic acids is 3. The van der Waals surface area contributed by atoms with Crippen molar-refractivity contribution in [2.45, 2.75) is 6.04 Å². The zero-order valence-corrected chi connectivity index (χ0v) is 11.4. The lowest BCUT2D eigenvalue weighted by Gasteiger charge is -2.23. The number of likely N-dealkylation sites (N-methyl/N-ethyl adjacent to an activating group) is 1. The minimum Gasteiger partial charge on any atom is -0.545 e. The van der Waals surface area contributed by atoms with E-state index in [1.807, 2.05) is 18.2 Å². The van der Waals surface area contributed by atoms with Crippen LogP contribution in [0.2, 0.25) is 0 Å². The number of hydrogen-bond donors (Lipinski definition) is 1. The van der Waals surface area contributed by atoms with Crippen LogP contribution in [-0.4, -0.2) is 42.4 Å². The summed E-state index contributed by atoms with van der Waals surface area (Å²) in [5, 5.41) is 15.8. The zero-order valence-electron chi connectivity index (χ0n) is 11.4. The molecule has 2 rings (SSSR count). The van der Waals surface area contributed by atoms with Gasteiger partial charge >= 0.3 is 0 Å². The molecule has 21 heavy (non-hydrogen) atoms. The average Bonchev–Trinajstić information content (AvgIpc) is 2.72. The lowest BCUT2D eigenvalue weighted by molar-refractivity contribution is -0.297. The Kier molecular flexibility index (Phi) is 4.34. The normalized spacial score (nSPS) is 19.2. The molecule has 1 saturated heterocycles. The second-order valence-electron chi connectivity index (χ2n) is 4.54. The molecule has 0 saturated carbocycles. The van der Waals surface area contributed by atoms with E-state index in [1.54, 1.807) is 24.2 Å². The van der Waals surface area contributed by atoms with E-state index in [0.29, 0.717) is 18.3 Å². The topological polar surface area (TPSA) is 92.8 Å². The Labute approximate surface area is 121 Å². The number of anilines is 1. The van der Waals surface area contributed by atoms with Gasteiger partial charge in [0.15, 0.2) is 0 Å². The van der Waals surface area contributed by atoms with Crippen LogP contribution >= 0.6 is 0 Å². The Balaban J connectivity index is 2.06. The van der Waals surface area contributed by atoms with Gasteiger partial charge in [0.1, 0.15) is 6.04 Å². The zero-order chi connectivity index (χ0) is 15.4. The summed E-state index contributed by atoms with van der Waals surface area (Å²) in [7, 11) is 1.73. The van der Waals surface area contributed by atoms with Crippen molar-refractivity contribution < 1.29 is 19.5 Å². The number of para-hydroxylation sites is 1. The Hall–Kier alpha value is -2.67. The number of hydrazine groups is 1. The molecule has 1 heterocycles. The van der Waals surface area contributed by atoms with Crippen molar-refractivity contribution >= 4 is 23.5 Å². The maximum absolute atomic E-state index is 12.3. The van der Waals surface area contributed by atoms with Crippen LogP contribution in [-0.2, 0) is 14.4 Å². The first-order chi connectivity index (χ1) is 9.99. The van der Waals surface area contributed by atoms with Gasteiger partial charge in [-0.2, -0.15) is 0 Å². The molecule has 1 aromatic rings. The van der Waals surface area contributed by atoms with E-state index >= 15 is 0 Å². The maximum atomic E-state index is 12.3. The predicted octanol–water partition coefficient (Wildman–Crippen LogP) is -1.33. The van der Waals surface area contributed by atoms with Crippen LogP contribution in [0.1, 0.15) is 0 Å². The third kappa shape index (κ3) is 3.46. The van der Waals surface area contributed by atoms with Gasteiger partial charge in [0.05, 0.1) is 11.7 Å². The van der Waals surface area contributed by atoms with E-state index in [4.69, 9.17) is 0 Å². The molecule has 110 valence electrons. The molecule has 0 bridgehead atoms. The van der Waals surface area contributed by atoms with Gasteiger partial charge in [-0.05, 0) is 18.2 Å². The van der Waals surface area contributed by atoms with Gasteiger partial charge in [-0.15, -0.1) is 0 Å². The van der Waals surface area contributed by atoms with Crippen molar-refractivity contribution in [2.75, 3.05) is 18.6 Å². The highest BCUT2D eigenvalue weighted by atomic mass is 16.4. The summed E-state index contributed by atoms with van der Waals surface area (Å²) in [4.78, 5) is 34.1. The molecular formula is C14H14N3O4-. The molecule has 7 heteroatoms. The average molecular weight is 288 g/mol. The fourth-order valence-corrected chi connectivity index (χ4v) is 2.10. The fraction of sp³-hybridized carbons (Fsp3) is 0.214. The summed E-state index contributed by atoms with van der Waals surface area (Å²) in [5.74, 6) is -2.40. The number of amides is 2. The van der Waals surface area contributed by atoms with E-state index in [9.17, 15) is 19.5 Å². The van der Waals surface area contributed by atoms with Gasteiger partial charge < -0.3 is 15.2 Å². The van der Waals surface area contributed by atoms with Crippen molar-refractivity contribution in [1.29, 1.82) is 0 Å². The first-order valence-electron chi connectivity index (χ1n) is 6.28. The summed E-state index contributed by atoms with van der Waals surface area (Å²) >= 11 is 0. The maximum Gasteiger partial charge on any atom is 0.265 e. The van der Waals surface area contributed by atoms with E-state index < -0.39 is 17.9 Å². The van der Waals surface area contributed by atoms with Gasteiger partial charge in [-0.1, -0.05) is 18.2 Å². The van der Waals surface area contributed by atoms with Crippen molar-refractivity contribution in [3.63, 3.8) is 0 Å². The highest BCUT2D eigenvalue weighted by Crippen LogP contribution is 2.21. The monoisotopic (exact) mass is 288 g/mol. The summed E-state index contributed by atoms with van der Waals surface area (Å²) in [6.45, 7) is 0.304. The molecular weight excluding hydrogens is 274 g/mol. The van der Waals surface area contributed by atoms with E-state index in [0.717, 1.165) is 6.08 Å². The molecule has 0 aromatic heterocycles. The Bertz CT molecular complexity index is 585. The minimum absolute atomic E-state index is 0.279. The Morgan fingerprint density at radius 1 is 1.29 bits per heavy atom. The quantitative estimate of drug-likeness (QED) is 0.693. The number of carboxylic acid groups (broad SMARTS) is 1. The number of carbonyl (C=O) groups is 3. The Morgan fingerprint density at radius 3 is 2.57 bits per heavy atom. The molecule has 1 unspecified atom stereocenters. The molecule has 0 spiro atoms. The lowest BCUT2D eigenvalue weighted by atomic mass is 10.2. The van der Waals surface area contributed by atoms with E-state index in [-0.39, 0.29) is 5.91 Å². The number of rotatable bonds is 4. The highest BCUT2D eigenvalue weighted by Gasteiger charge is 2.37. The molecule has 1 N–H and O–H groups in total. The number of aliphatic carboxylic acids is 1. The number of nitrogens with one attached hydrogen (secondary N) is 1. The molecule has 1 aliphatic rings. The number of nitrogens with zero attached hydrogens (tertiary/aromatic N) is 2. The summed E-state index contributed by atoms with van der Waals surface area (Å²) in [6, 6.07) is 8.31. The third-order valence-corrected chi connectivity index (χ3v) is 2.98. The van der Waals surface area contributed by atoms with Gasteiger partial charge in [-0.3, -0.25) is 9.59 Å². The van der Waals surface area contributed by atoms with Gasteiger partial charge in [0, 0.05) is 19.7 Å². The standard InChI is InChI=1S/C14H15N3O4/c1-16-9-11(15-12(18)7-8-13(19)20)14(21)17(16)10-5-3-2-4-6-10/h2-8,11H,9H2,1H3,(H,15,18)(H,19,20)/p-1. The van der Waals surface area contributed by atoms with Crippen molar-refractivity contribution in [2.24, 2.45) is 0 Å². The molecule has 1 atom stereocenters. The van der Waals surface area contributed by atoms with Crippen LogP contribution in [0.4, 0.5) is 5.69 Å². The number of hydrogen-bond acceptors (Lipinski definition) is 5. The minimum atomic E-state index is -1.47. The lowest BCUT2D eigenvalue weighted by Crippen LogP contribution is -2.42. The molecule has 1 aliphatic heterocycles. The van der Waals surface area contributed by atoms with E-state index in [2.05, 4.69) is 5.32 Å². The molecule has 0 aliphatic carbocycles. The van der Waals surface area contributed by atoms with Crippen LogP contribution in [0, 0.1) is 0 Å². The second kappa shape index (κ2) is 6.19. The van der Waals surface area contributed by atoms with Crippen LogP contribution < -0.4 is 15.4 Å². The first-order valence-corrected chi connectivity index (χ1v) is 6.28. The van der Waals surface area contributed by atoms with Crippen molar-refractivity contribution in [3.8, 4) is 0 Å². The van der Waals surface area contributed by atoms with Gasteiger partial charge in [0.2, 0.25) is 5.91 Å². The molecule has 0 radical (unpaired) electrons. The van der Waals surface area contributed by atoms with Gasteiger partial charge in [-0.25, -0.2) is 10.0 Å². The smallest absolute Gasteiger partial charge is 0.265 e. The van der Waals surface area contributed by atoms with Crippen LogP contribution in [0.15, 0.2) is 42.5 Å². The van der Waals surface area contributed by atoms with Crippen molar-refractivity contribution in [3.05, 3.63) is 42.5 Å². The molecule has 1 aromatic carbocycles. The van der Waals surface area contributed by atoms with Gasteiger partial charge in [0.25, 0.3) is 5.91 Å². The third-order valence-electron chi connectivity index (χ3n) is 2.98. The van der Waals surface area contributed by atoms with Crippen LogP contribution in [0.5, 0.6) is 0 Å². The van der Waals surface area contributed by atoms with Crippen LogP contribution in [0.3, 0.4) is 0 Å². The molecule has 1 fully saturated rings. The largest absolute Gasteiger partial charge is 0.545 e. The molecule has 2 amide bonds. The summed E-state index contributed by atoms with van der Waals surface area (Å²) in [5.41, 5.74) is 0.701. The first kappa shape index (κ1) is 14.7. The summed E-state index contributed by atoms with van der Waals surface area (Å²) < 4.78 is 0. The van der Waals surface area contributed by atoms with Crippen molar-refractivity contribution in [1.82, 2.24) is 10.3 Å².